The molecular weight excluding hydrogens is 453 g/mol. The predicted molar refractivity (Wildman–Crippen MR) is 106 cm³/mol. The van der Waals surface area contributed by atoms with E-state index in [9.17, 15) is 27.9 Å². The van der Waals surface area contributed by atoms with Crippen LogP contribution in [0.1, 0.15) is 59.3 Å². The first-order chi connectivity index (χ1) is 15.1. The minimum atomic E-state index is -4.64. The van der Waals surface area contributed by atoms with Crippen LogP contribution in [0.4, 0.5) is 13.2 Å². The fourth-order valence-corrected chi connectivity index (χ4v) is 4.50. The highest BCUT2D eigenvalue weighted by molar-refractivity contribution is 6.33. The number of hydrogen-bond acceptors (Lipinski definition) is 5. The molecule has 1 saturated heterocycles. The SMILES string of the molecule is O=C(c1nc2c(C(F)(F)F)cc(C3CC3)cn2c1Cl)N1CCC(n2c(O)coc2=O)CC1. The van der Waals surface area contributed by atoms with Gasteiger partial charge in [-0.2, -0.15) is 13.2 Å². The molecule has 32 heavy (non-hydrogen) atoms. The van der Waals surface area contributed by atoms with Crippen LogP contribution in [0, 0.1) is 0 Å². The zero-order chi connectivity index (χ0) is 22.8. The molecule has 1 saturated carbocycles. The number of amides is 1. The van der Waals surface area contributed by atoms with Crippen molar-refractivity contribution in [3.05, 3.63) is 51.1 Å². The average molecular weight is 471 g/mol. The summed E-state index contributed by atoms with van der Waals surface area (Å²) in [7, 11) is 0. The maximum Gasteiger partial charge on any atom is 0.422 e. The van der Waals surface area contributed by atoms with E-state index in [1.165, 1.54) is 11.1 Å². The molecule has 0 aromatic carbocycles. The van der Waals surface area contributed by atoms with Gasteiger partial charge in [-0.3, -0.25) is 9.20 Å². The van der Waals surface area contributed by atoms with E-state index in [1.807, 2.05) is 0 Å². The molecule has 2 fully saturated rings. The molecule has 0 radical (unpaired) electrons. The molecular formula is C20H18ClF3N4O4. The number of imidazole rings is 1. The van der Waals surface area contributed by atoms with Crippen molar-refractivity contribution in [2.45, 2.75) is 43.8 Å². The first-order valence-corrected chi connectivity index (χ1v) is 10.5. The maximum atomic E-state index is 13.7. The molecule has 12 heteroatoms. The molecule has 170 valence electrons. The molecule has 3 aromatic heterocycles. The number of aromatic nitrogens is 3. The Bertz CT molecular complexity index is 1270. The van der Waals surface area contributed by atoms with E-state index in [4.69, 9.17) is 11.6 Å². The Hall–Kier alpha value is -2.95. The van der Waals surface area contributed by atoms with Gasteiger partial charge in [0.25, 0.3) is 5.91 Å². The molecule has 2 aliphatic rings. The third kappa shape index (κ3) is 3.44. The standard InChI is InChI=1S/C20H18ClF3N4O4/c21-16-15(18(30)26-5-3-12(4-6-26)28-14(29)9-32-19(28)31)25-17-13(20(22,23)24)7-11(8-27(16)17)10-1-2-10/h7-10,12,29H,1-6H2. The van der Waals surface area contributed by atoms with Crippen LogP contribution in [0.2, 0.25) is 5.15 Å². The largest absolute Gasteiger partial charge is 0.492 e. The lowest BCUT2D eigenvalue weighted by atomic mass is 10.0. The van der Waals surface area contributed by atoms with Crippen molar-refractivity contribution in [1.29, 1.82) is 0 Å². The van der Waals surface area contributed by atoms with Gasteiger partial charge in [-0.15, -0.1) is 0 Å². The number of aromatic hydroxyl groups is 1. The Morgan fingerprint density at radius 2 is 1.91 bits per heavy atom. The minimum absolute atomic E-state index is 0.0555. The number of halogens is 4. The van der Waals surface area contributed by atoms with Gasteiger partial charge < -0.3 is 14.4 Å². The number of carbonyl (C=O) groups excluding carboxylic acids is 1. The Kier molecular flexibility index (Phi) is 4.77. The number of fused-ring (bicyclic) bond motifs is 1. The molecule has 0 atom stereocenters. The van der Waals surface area contributed by atoms with E-state index in [0.29, 0.717) is 18.4 Å². The van der Waals surface area contributed by atoms with Gasteiger partial charge in [0.2, 0.25) is 5.88 Å². The van der Waals surface area contributed by atoms with Gasteiger partial charge in [0.15, 0.2) is 17.6 Å². The summed E-state index contributed by atoms with van der Waals surface area (Å²) in [6.07, 6.45) is 0.154. The van der Waals surface area contributed by atoms with Gasteiger partial charge in [-0.1, -0.05) is 11.6 Å². The molecule has 1 aliphatic carbocycles. The van der Waals surface area contributed by atoms with E-state index in [2.05, 4.69) is 9.40 Å². The monoisotopic (exact) mass is 470 g/mol. The molecule has 1 aliphatic heterocycles. The average Bonchev–Trinajstić information content (AvgIpc) is 3.48. The molecule has 0 spiro atoms. The summed E-state index contributed by atoms with van der Waals surface area (Å²) < 4.78 is 47.9. The van der Waals surface area contributed by atoms with Crippen LogP contribution in [0.15, 0.2) is 27.7 Å². The zero-order valence-electron chi connectivity index (χ0n) is 16.6. The molecule has 0 unspecified atom stereocenters. The van der Waals surface area contributed by atoms with Crippen molar-refractivity contribution in [3.8, 4) is 5.88 Å². The summed E-state index contributed by atoms with van der Waals surface area (Å²) >= 11 is 6.34. The van der Waals surface area contributed by atoms with E-state index in [0.717, 1.165) is 34.1 Å². The lowest BCUT2D eigenvalue weighted by Crippen LogP contribution is -2.40. The number of likely N-dealkylation sites (tertiary alicyclic amines) is 1. The third-order valence-corrected chi connectivity index (χ3v) is 6.43. The van der Waals surface area contributed by atoms with Gasteiger partial charge in [-0.05, 0) is 43.2 Å². The van der Waals surface area contributed by atoms with Crippen molar-refractivity contribution in [2.24, 2.45) is 0 Å². The van der Waals surface area contributed by atoms with E-state index in [1.54, 1.807) is 0 Å². The lowest BCUT2D eigenvalue weighted by Gasteiger charge is -2.31. The van der Waals surface area contributed by atoms with E-state index >= 15 is 0 Å². The van der Waals surface area contributed by atoms with Gasteiger partial charge in [0.1, 0.15) is 5.15 Å². The van der Waals surface area contributed by atoms with Gasteiger partial charge in [0, 0.05) is 25.3 Å². The quantitative estimate of drug-likeness (QED) is 0.628. The van der Waals surface area contributed by atoms with Gasteiger partial charge in [0.05, 0.1) is 5.56 Å². The normalized spacial score (nSPS) is 17.9. The number of nitrogens with zero attached hydrogens (tertiary/aromatic N) is 4. The first kappa shape index (κ1) is 20.9. The van der Waals surface area contributed by atoms with E-state index in [-0.39, 0.29) is 41.8 Å². The fraction of sp³-hybridized carbons (Fsp3) is 0.450. The molecule has 4 heterocycles. The smallest absolute Gasteiger partial charge is 0.422 e. The molecule has 3 aromatic rings. The summed E-state index contributed by atoms with van der Waals surface area (Å²) in [6.45, 7) is 0.425. The van der Waals surface area contributed by atoms with Crippen molar-refractivity contribution < 1.29 is 27.5 Å². The number of alkyl halides is 3. The second-order valence-corrected chi connectivity index (χ2v) is 8.52. The summed E-state index contributed by atoms with van der Waals surface area (Å²) in [5.74, 6) is -1.52. The number of oxazole rings is 1. The van der Waals surface area contributed by atoms with Crippen molar-refractivity contribution in [3.63, 3.8) is 0 Å². The van der Waals surface area contributed by atoms with E-state index < -0.39 is 29.1 Å². The molecule has 5 rings (SSSR count). The van der Waals surface area contributed by atoms with Crippen LogP contribution in [0.25, 0.3) is 5.65 Å². The van der Waals surface area contributed by atoms with Crippen molar-refractivity contribution in [1.82, 2.24) is 18.9 Å². The van der Waals surface area contributed by atoms with Crippen LogP contribution in [0.5, 0.6) is 5.88 Å². The lowest BCUT2D eigenvalue weighted by molar-refractivity contribution is -0.136. The van der Waals surface area contributed by atoms with Gasteiger partial charge >= 0.3 is 11.9 Å². The van der Waals surface area contributed by atoms with Gasteiger partial charge in [-0.25, -0.2) is 14.3 Å². The summed E-state index contributed by atoms with van der Waals surface area (Å²) in [6, 6.07) is 0.727. The topological polar surface area (TPSA) is 93.0 Å². The molecule has 0 bridgehead atoms. The highest BCUT2D eigenvalue weighted by Gasteiger charge is 2.38. The first-order valence-electron chi connectivity index (χ1n) is 10.1. The van der Waals surface area contributed by atoms with Crippen LogP contribution in [-0.2, 0) is 6.18 Å². The third-order valence-electron chi connectivity index (χ3n) is 6.07. The number of carbonyl (C=O) groups is 1. The Morgan fingerprint density at radius 3 is 2.47 bits per heavy atom. The number of pyridine rings is 1. The van der Waals surface area contributed by atoms with Crippen LogP contribution in [0.3, 0.4) is 0 Å². The second-order valence-electron chi connectivity index (χ2n) is 8.16. The summed E-state index contributed by atoms with van der Waals surface area (Å²) in [4.78, 5) is 30.2. The highest BCUT2D eigenvalue weighted by atomic mass is 35.5. The molecule has 8 nitrogen and oxygen atoms in total. The Morgan fingerprint density at radius 1 is 1.22 bits per heavy atom. The maximum absolute atomic E-state index is 13.7. The predicted octanol–water partition coefficient (Wildman–Crippen LogP) is 3.82. The van der Waals surface area contributed by atoms with Crippen molar-refractivity contribution in [2.75, 3.05) is 13.1 Å². The van der Waals surface area contributed by atoms with Crippen LogP contribution in [-0.4, -0.2) is 43.0 Å². The molecule has 1 amide bonds. The van der Waals surface area contributed by atoms with Crippen molar-refractivity contribution >= 4 is 23.2 Å². The van der Waals surface area contributed by atoms with Crippen LogP contribution < -0.4 is 5.76 Å². The number of rotatable bonds is 3. The second kappa shape index (κ2) is 7.29. The zero-order valence-corrected chi connectivity index (χ0v) is 17.4. The Labute approximate surface area is 183 Å². The minimum Gasteiger partial charge on any atom is -0.492 e. The number of piperidine rings is 1. The highest BCUT2D eigenvalue weighted by Crippen LogP contribution is 2.43. The van der Waals surface area contributed by atoms with Crippen LogP contribution >= 0.6 is 11.6 Å². The number of hydrogen-bond donors (Lipinski definition) is 1. The summed E-state index contributed by atoms with van der Waals surface area (Å²) in [5.41, 5.74) is -1.04. The molecule has 1 N–H and O–H groups in total. The fourth-order valence-electron chi connectivity index (χ4n) is 4.25. The summed E-state index contributed by atoms with van der Waals surface area (Å²) in [5, 5.41) is 9.61. The Balaban J connectivity index is 1.44.